The summed E-state index contributed by atoms with van der Waals surface area (Å²) < 4.78 is 1.71. The van der Waals surface area contributed by atoms with Crippen LogP contribution in [0.15, 0.2) is 70.8 Å². The molecule has 34 heavy (non-hydrogen) atoms. The summed E-state index contributed by atoms with van der Waals surface area (Å²) in [7, 11) is 0. The summed E-state index contributed by atoms with van der Waals surface area (Å²) in [4.78, 5) is 35.3. The fraction of sp³-hybridized carbons (Fsp3) is 0.321. The Labute approximate surface area is 204 Å². The van der Waals surface area contributed by atoms with Crippen LogP contribution in [0.3, 0.4) is 0 Å². The van der Waals surface area contributed by atoms with Gasteiger partial charge < -0.3 is 4.90 Å². The molecular formula is C28H31N3O2S. The van der Waals surface area contributed by atoms with Gasteiger partial charge in [-0.05, 0) is 61.0 Å². The highest BCUT2D eigenvalue weighted by Gasteiger charge is 2.29. The third kappa shape index (κ3) is 4.97. The summed E-state index contributed by atoms with van der Waals surface area (Å²) in [6.07, 6.45) is 2.90. The van der Waals surface area contributed by atoms with Gasteiger partial charge in [0.05, 0.1) is 29.1 Å². The molecule has 1 unspecified atom stereocenters. The van der Waals surface area contributed by atoms with Crippen molar-refractivity contribution in [1.82, 2.24) is 14.5 Å². The lowest BCUT2D eigenvalue weighted by Crippen LogP contribution is -2.39. The van der Waals surface area contributed by atoms with Crippen molar-refractivity contribution in [2.45, 2.75) is 52.5 Å². The van der Waals surface area contributed by atoms with Crippen LogP contribution in [0.25, 0.3) is 16.6 Å². The number of amides is 1. The summed E-state index contributed by atoms with van der Waals surface area (Å²) in [5.74, 6) is 0.688. The van der Waals surface area contributed by atoms with Crippen molar-refractivity contribution in [3.05, 3.63) is 92.7 Å². The van der Waals surface area contributed by atoms with Gasteiger partial charge in [0.15, 0.2) is 0 Å². The molecule has 2 aromatic heterocycles. The molecular weight excluding hydrogens is 442 g/mol. The smallest absolute Gasteiger partial charge is 0.266 e. The van der Waals surface area contributed by atoms with Crippen molar-refractivity contribution >= 4 is 28.1 Å². The fourth-order valence-electron chi connectivity index (χ4n) is 4.38. The summed E-state index contributed by atoms with van der Waals surface area (Å²) in [6, 6.07) is 19.0. The van der Waals surface area contributed by atoms with Gasteiger partial charge >= 0.3 is 0 Å². The topological polar surface area (TPSA) is 55.2 Å². The van der Waals surface area contributed by atoms with E-state index in [4.69, 9.17) is 4.98 Å². The maximum atomic E-state index is 13.8. The van der Waals surface area contributed by atoms with Crippen LogP contribution in [0.4, 0.5) is 0 Å². The molecule has 176 valence electrons. The molecule has 4 rings (SSSR count). The van der Waals surface area contributed by atoms with Crippen LogP contribution >= 0.6 is 11.3 Å². The predicted octanol–water partition coefficient (Wildman–Crippen LogP) is 6.08. The minimum Gasteiger partial charge on any atom is -0.332 e. The van der Waals surface area contributed by atoms with Crippen LogP contribution in [-0.2, 0) is 11.2 Å². The van der Waals surface area contributed by atoms with Gasteiger partial charge in [-0.2, -0.15) is 0 Å². The molecule has 0 bridgehead atoms. The van der Waals surface area contributed by atoms with Crippen LogP contribution in [0.2, 0.25) is 0 Å². The van der Waals surface area contributed by atoms with E-state index in [0.717, 1.165) is 29.0 Å². The third-order valence-electron chi connectivity index (χ3n) is 6.10. The normalized spacial score (nSPS) is 12.1. The van der Waals surface area contributed by atoms with Gasteiger partial charge in [0, 0.05) is 11.4 Å². The van der Waals surface area contributed by atoms with Crippen LogP contribution in [-0.4, -0.2) is 26.9 Å². The van der Waals surface area contributed by atoms with Crippen molar-refractivity contribution in [3.63, 3.8) is 0 Å². The molecule has 0 saturated heterocycles. The zero-order chi connectivity index (χ0) is 24.1. The first-order valence-corrected chi connectivity index (χ1v) is 12.8. The maximum Gasteiger partial charge on any atom is 0.266 e. The highest BCUT2D eigenvalue weighted by Crippen LogP contribution is 2.28. The Morgan fingerprint density at radius 3 is 2.62 bits per heavy atom. The second-order valence-corrected chi connectivity index (χ2v) is 9.62. The summed E-state index contributed by atoms with van der Waals surface area (Å²) in [5, 5.41) is 2.57. The number of thiophene rings is 1. The second-order valence-electron chi connectivity index (χ2n) is 8.59. The molecule has 0 spiro atoms. The van der Waals surface area contributed by atoms with E-state index in [1.54, 1.807) is 15.9 Å². The van der Waals surface area contributed by atoms with E-state index in [1.807, 2.05) is 77.9 Å². The van der Waals surface area contributed by atoms with E-state index in [0.29, 0.717) is 36.1 Å². The van der Waals surface area contributed by atoms with E-state index in [1.165, 1.54) is 0 Å². The van der Waals surface area contributed by atoms with E-state index < -0.39 is 0 Å². The molecule has 2 heterocycles. The van der Waals surface area contributed by atoms with Crippen molar-refractivity contribution in [1.29, 1.82) is 0 Å². The van der Waals surface area contributed by atoms with Crippen molar-refractivity contribution < 1.29 is 4.79 Å². The largest absolute Gasteiger partial charge is 0.332 e. The van der Waals surface area contributed by atoms with E-state index in [-0.39, 0.29) is 17.5 Å². The van der Waals surface area contributed by atoms with Crippen LogP contribution in [0, 0.1) is 6.92 Å². The Balaban J connectivity index is 1.89. The number of benzene rings is 2. The summed E-state index contributed by atoms with van der Waals surface area (Å²) in [6.45, 7) is 6.83. The number of fused-ring (bicyclic) bond motifs is 1. The van der Waals surface area contributed by atoms with Crippen LogP contribution in [0.5, 0.6) is 0 Å². The maximum absolute atomic E-state index is 13.8. The molecule has 5 nitrogen and oxygen atoms in total. The molecule has 0 N–H and O–H groups in total. The molecule has 1 amide bonds. The highest BCUT2D eigenvalue weighted by atomic mass is 32.1. The lowest BCUT2D eigenvalue weighted by Gasteiger charge is -2.32. The van der Waals surface area contributed by atoms with Gasteiger partial charge in [-0.1, -0.05) is 50.6 Å². The summed E-state index contributed by atoms with van der Waals surface area (Å²) >= 11 is 1.60. The molecule has 0 aliphatic heterocycles. The van der Waals surface area contributed by atoms with Gasteiger partial charge in [-0.15, -0.1) is 11.3 Å². The minimum absolute atomic E-state index is 0.0703. The number of para-hydroxylation sites is 1. The first kappa shape index (κ1) is 23.9. The number of carbonyl (C=O) groups excluding carboxylic acids is 1. The number of aryl methyl sites for hydroxylation is 1. The van der Waals surface area contributed by atoms with Gasteiger partial charge in [0.2, 0.25) is 5.91 Å². The lowest BCUT2D eigenvalue weighted by molar-refractivity contribution is -0.133. The van der Waals surface area contributed by atoms with Crippen molar-refractivity contribution in [3.8, 4) is 5.69 Å². The number of aromatic nitrogens is 2. The number of hydrogen-bond donors (Lipinski definition) is 0. The van der Waals surface area contributed by atoms with Crippen molar-refractivity contribution in [2.75, 3.05) is 6.54 Å². The Morgan fingerprint density at radius 1 is 1.09 bits per heavy atom. The first-order chi connectivity index (χ1) is 16.5. The Morgan fingerprint density at radius 2 is 1.91 bits per heavy atom. The van der Waals surface area contributed by atoms with Gasteiger partial charge in [-0.3, -0.25) is 14.2 Å². The zero-order valence-electron chi connectivity index (χ0n) is 20.0. The quantitative estimate of drug-likeness (QED) is 0.296. The van der Waals surface area contributed by atoms with E-state index in [2.05, 4.69) is 13.8 Å². The average Bonchev–Trinajstić information content (AvgIpc) is 3.34. The van der Waals surface area contributed by atoms with Gasteiger partial charge in [-0.25, -0.2) is 4.98 Å². The van der Waals surface area contributed by atoms with Crippen LogP contribution < -0.4 is 5.56 Å². The van der Waals surface area contributed by atoms with E-state index in [9.17, 15) is 9.59 Å². The molecule has 4 aromatic rings. The predicted molar refractivity (Wildman–Crippen MR) is 140 cm³/mol. The molecule has 6 heteroatoms. The number of hydrogen-bond acceptors (Lipinski definition) is 4. The molecule has 0 fully saturated rings. The van der Waals surface area contributed by atoms with Crippen molar-refractivity contribution in [2.24, 2.45) is 0 Å². The monoisotopic (exact) mass is 473 g/mol. The number of unbranched alkanes of at least 4 members (excludes halogenated alkanes) is 1. The SMILES string of the molecule is CCCCN(C(=O)Cc1cccs1)C(CC)c1nc2ccccc2c(=O)n1-c1cccc(C)c1. The minimum atomic E-state index is -0.308. The Hall–Kier alpha value is -3.25. The molecule has 0 aliphatic rings. The Bertz CT molecular complexity index is 1330. The molecule has 0 aliphatic carbocycles. The van der Waals surface area contributed by atoms with E-state index >= 15 is 0 Å². The Kier molecular flexibility index (Phi) is 7.58. The summed E-state index contributed by atoms with van der Waals surface area (Å²) in [5.41, 5.74) is 2.39. The number of carbonyl (C=O) groups is 1. The number of rotatable bonds is 9. The van der Waals surface area contributed by atoms with Gasteiger partial charge in [0.25, 0.3) is 5.56 Å². The fourth-order valence-corrected chi connectivity index (χ4v) is 5.07. The van der Waals surface area contributed by atoms with Gasteiger partial charge in [0.1, 0.15) is 5.82 Å². The lowest BCUT2D eigenvalue weighted by atomic mass is 10.1. The highest BCUT2D eigenvalue weighted by molar-refractivity contribution is 7.10. The third-order valence-corrected chi connectivity index (χ3v) is 6.98. The standard InChI is InChI=1S/C28H31N3O2S/c1-4-6-16-30(26(32)19-22-13-10-17-34-22)25(5-2)27-29-24-15-8-7-14-23(24)28(33)31(27)21-12-9-11-20(3)18-21/h7-15,17-18,25H,4-6,16,19H2,1-3H3. The molecule has 2 aromatic carbocycles. The molecule has 0 radical (unpaired) electrons. The first-order valence-electron chi connectivity index (χ1n) is 11.9. The number of nitrogens with zero attached hydrogens (tertiary/aromatic N) is 3. The molecule has 0 saturated carbocycles. The molecule has 1 atom stereocenters. The van der Waals surface area contributed by atoms with Crippen LogP contribution in [0.1, 0.15) is 55.4 Å². The second kappa shape index (κ2) is 10.8. The average molecular weight is 474 g/mol. The zero-order valence-corrected chi connectivity index (χ0v) is 20.8.